The average molecular weight is 252 g/mol. The van der Waals surface area contributed by atoms with Gasteiger partial charge in [0.05, 0.1) is 5.56 Å². The van der Waals surface area contributed by atoms with Crippen molar-refractivity contribution in [2.24, 2.45) is 11.5 Å². The number of carbonyl (C=O) groups excluding carboxylic acids is 1. The van der Waals surface area contributed by atoms with Gasteiger partial charge in [0, 0.05) is 5.69 Å². The number of pyridine rings is 1. The van der Waals surface area contributed by atoms with Crippen LogP contribution >= 0.6 is 12.2 Å². The van der Waals surface area contributed by atoms with Gasteiger partial charge in [0.2, 0.25) is 5.91 Å². The minimum absolute atomic E-state index is 0.222. The minimum atomic E-state index is -0.916. The van der Waals surface area contributed by atoms with E-state index in [0.29, 0.717) is 11.4 Å². The minimum Gasteiger partial charge on any atom is -0.389 e. The lowest BCUT2D eigenvalue weighted by Crippen LogP contribution is -2.45. The molecule has 1 rings (SSSR count). The van der Waals surface area contributed by atoms with Crippen LogP contribution in [0.15, 0.2) is 12.1 Å². The fraction of sp³-hybridized carbons (Fsp3) is 0.364. The molecular formula is C11H16N4OS. The van der Waals surface area contributed by atoms with Gasteiger partial charge in [-0.2, -0.15) is 0 Å². The highest BCUT2D eigenvalue weighted by molar-refractivity contribution is 7.80. The number of primary amides is 1. The Kier molecular flexibility index (Phi) is 3.67. The zero-order valence-electron chi connectivity index (χ0n) is 10.1. The van der Waals surface area contributed by atoms with E-state index in [0.717, 1.165) is 5.69 Å². The Bertz CT molecular complexity index is 471. The van der Waals surface area contributed by atoms with Crippen LogP contribution in [0, 0.1) is 6.92 Å². The van der Waals surface area contributed by atoms with Crippen molar-refractivity contribution in [3.8, 4) is 0 Å². The molecule has 0 spiro atoms. The number of aromatic nitrogens is 1. The Morgan fingerprint density at radius 2 is 2.00 bits per heavy atom. The van der Waals surface area contributed by atoms with Crippen molar-refractivity contribution in [1.82, 2.24) is 4.98 Å². The number of nitrogens with zero attached hydrogens (tertiary/aromatic N) is 1. The summed E-state index contributed by atoms with van der Waals surface area (Å²) in [6.07, 6.45) is 0. The van der Waals surface area contributed by atoms with E-state index in [1.807, 2.05) is 6.92 Å². The van der Waals surface area contributed by atoms with Gasteiger partial charge in [-0.1, -0.05) is 12.2 Å². The molecule has 0 unspecified atom stereocenters. The van der Waals surface area contributed by atoms with Crippen LogP contribution in [-0.2, 0) is 4.79 Å². The number of thiocarbonyl (C=S) groups is 1. The van der Waals surface area contributed by atoms with E-state index in [9.17, 15) is 4.79 Å². The molecule has 0 aliphatic rings. The van der Waals surface area contributed by atoms with Crippen molar-refractivity contribution in [2.75, 3.05) is 5.32 Å². The number of hydrogen-bond donors (Lipinski definition) is 3. The number of rotatable bonds is 4. The fourth-order valence-electron chi connectivity index (χ4n) is 1.21. The Hall–Kier alpha value is -1.69. The van der Waals surface area contributed by atoms with Gasteiger partial charge in [-0.25, -0.2) is 4.98 Å². The maximum absolute atomic E-state index is 11.3. The molecule has 0 atom stereocenters. The molecule has 0 fully saturated rings. The van der Waals surface area contributed by atoms with Crippen LogP contribution in [0.3, 0.4) is 0 Å². The van der Waals surface area contributed by atoms with E-state index in [-0.39, 0.29) is 4.99 Å². The summed E-state index contributed by atoms with van der Waals surface area (Å²) in [5.74, 6) is -0.00371. The Morgan fingerprint density at radius 3 is 2.47 bits per heavy atom. The van der Waals surface area contributed by atoms with Crippen LogP contribution in [0.1, 0.15) is 25.1 Å². The predicted octanol–water partition coefficient (Wildman–Crippen LogP) is 0.700. The maximum atomic E-state index is 11.3. The monoisotopic (exact) mass is 252 g/mol. The molecule has 0 saturated carbocycles. The third kappa shape index (κ3) is 3.13. The molecule has 0 bridgehead atoms. The summed E-state index contributed by atoms with van der Waals surface area (Å²) in [6, 6.07) is 3.57. The highest BCUT2D eigenvalue weighted by atomic mass is 32.1. The van der Waals surface area contributed by atoms with Crippen molar-refractivity contribution in [3.05, 3.63) is 23.4 Å². The van der Waals surface area contributed by atoms with Gasteiger partial charge in [-0.15, -0.1) is 0 Å². The molecule has 5 N–H and O–H groups in total. The van der Waals surface area contributed by atoms with E-state index < -0.39 is 11.4 Å². The van der Waals surface area contributed by atoms with E-state index >= 15 is 0 Å². The van der Waals surface area contributed by atoms with Crippen LogP contribution in [0.25, 0.3) is 0 Å². The summed E-state index contributed by atoms with van der Waals surface area (Å²) in [5, 5.41) is 2.96. The number of nitrogens with two attached hydrogens (primary N) is 2. The van der Waals surface area contributed by atoms with E-state index in [4.69, 9.17) is 23.7 Å². The quantitative estimate of drug-likeness (QED) is 0.686. The Balaban J connectivity index is 3.17. The second-order valence-corrected chi connectivity index (χ2v) is 4.77. The number of anilines is 1. The molecular weight excluding hydrogens is 236 g/mol. The molecule has 1 heterocycles. The van der Waals surface area contributed by atoms with Gasteiger partial charge in [-0.3, -0.25) is 4.79 Å². The summed E-state index contributed by atoms with van der Waals surface area (Å²) in [6.45, 7) is 5.18. The molecule has 17 heavy (non-hydrogen) atoms. The SMILES string of the molecule is Cc1ccc(C(N)=S)c(NC(C)(C)C(N)=O)n1. The average Bonchev–Trinajstić information content (AvgIpc) is 2.15. The lowest BCUT2D eigenvalue weighted by molar-refractivity contribution is -0.121. The van der Waals surface area contributed by atoms with Crippen molar-refractivity contribution in [2.45, 2.75) is 26.3 Å². The fourth-order valence-corrected chi connectivity index (χ4v) is 1.37. The van der Waals surface area contributed by atoms with Crippen molar-refractivity contribution < 1.29 is 4.79 Å². The summed E-state index contributed by atoms with van der Waals surface area (Å²) in [4.78, 5) is 15.8. The molecule has 0 aliphatic heterocycles. The summed E-state index contributed by atoms with van der Waals surface area (Å²) >= 11 is 4.93. The molecule has 1 amide bonds. The number of aryl methyl sites for hydroxylation is 1. The molecule has 92 valence electrons. The second kappa shape index (κ2) is 4.67. The smallest absolute Gasteiger partial charge is 0.242 e. The third-order valence-electron chi connectivity index (χ3n) is 2.35. The second-order valence-electron chi connectivity index (χ2n) is 4.33. The molecule has 1 aromatic heterocycles. The van der Waals surface area contributed by atoms with Crippen LogP contribution in [0.4, 0.5) is 5.82 Å². The molecule has 5 nitrogen and oxygen atoms in total. The van der Waals surface area contributed by atoms with Gasteiger partial charge < -0.3 is 16.8 Å². The zero-order chi connectivity index (χ0) is 13.2. The highest BCUT2D eigenvalue weighted by Gasteiger charge is 2.26. The predicted molar refractivity (Wildman–Crippen MR) is 71.8 cm³/mol. The molecule has 0 radical (unpaired) electrons. The standard InChI is InChI=1S/C11H16N4OS/c1-6-4-5-7(8(12)17)9(14-6)15-11(2,3)10(13)16/h4-5H,1-3H3,(H2,12,17)(H2,13,16)(H,14,15). The molecule has 0 aromatic carbocycles. The van der Waals surface area contributed by atoms with Gasteiger partial charge >= 0.3 is 0 Å². The highest BCUT2D eigenvalue weighted by Crippen LogP contribution is 2.18. The van der Waals surface area contributed by atoms with E-state index in [1.54, 1.807) is 26.0 Å². The summed E-state index contributed by atoms with van der Waals surface area (Å²) in [5.41, 5.74) is 11.4. The lowest BCUT2D eigenvalue weighted by Gasteiger charge is -2.24. The number of amides is 1. The van der Waals surface area contributed by atoms with E-state index in [1.165, 1.54) is 0 Å². The zero-order valence-corrected chi connectivity index (χ0v) is 10.9. The molecule has 0 saturated heterocycles. The maximum Gasteiger partial charge on any atom is 0.242 e. The van der Waals surface area contributed by atoms with Crippen LogP contribution < -0.4 is 16.8 Å². The van der Waals surface area contributed by atoms with Gasteiger partial charge in [-0.05, 0) is 32.9 Å². The van der Waals surface area contributed by atoms with Crippen molar-refractivity contribution >= 4 is 28.9 Å². The van der Waals surface area contributed by atoms with E-state index in [2.05, 4.69) is 10.3 Å². The third-order valence-corrected chi connectivity index (χ3v) is 2.57. The first-order chi connectivity index (χ1) is 7.74. The van der Waals surface area contributed by atoms with Gasteiger partial charge in [0.25, 0.3) is 0 Å². The first-order valence-corrected chi connectivity index (χ1v) is 5.50. The number of carbonyl (C=O) groups is 1. The first kappa shape index (κ1) is 13.4. The van der Waals surface area contributed by atoms with Crippen LogP contribution in [-0.4, -0.2) is 21.4 Å². The summed E-state index contributed by atoms with van der Waals surface area (Å²) in [7, 11) is 0. The number of hydrogen-bond acceptors (Lipinski definition) is 4. The largest absolute Gasteiger partial charge is 0.389 e. The van der Waals surface area contributed by atoms with Crippen molar-refractivity contribution in [3.63, 3.8) is 0 Å². The normalized spacial score (nSPS) is 11.0. The van der Waals surface area contributed by atoms with Gasteiger partial charge in [0.15, 0.2) is 0 Å². The Labute approximate surface area is 106 Å². The summed E-state index contributed by atoms with van der Waals surface area (Å²) < 4.78 is 0. The molecule has 0 aliphatic carbocycles. The Morgan fingerprint density at radius 1 is 1.41 bits per heavy atom. The van der Waals surface area contributed by atoms with Crippen LogP contribution in [0.5, 0.6) is 0 Å². The molecule has 1 aromatic rings. The molecule has 6 heteroatoms. The number of nitrogens with one attached hydrogen (secondary N) is 1. The van der Waals surface area contributed by atoms with Crippen LogP contribution in [0.2, 0.25) is 0 Å². The lowest BCUT2D eigenvalue weighted by atomic mass is 10.0. The van der Waals surface area contributed by atoms with Gasteiger partial charge in [0.1, 0.15) is 16.3 Å². The first-order valence-electron chi connectivity index (χ1n) is 5.09. The van der Waals surface area contributed by atoms with Crippen molar-refractivity contribution in [1.29, 1.82) is 0 Å². The topological polar surface area (TPSA) is 94.0 Å².